The fourth-order valence-electron chi connectivity index (χ4n) is 2.35. The van der Waals surface area contributed by atoms with Gasteiger partial charge in [0.25, 0.3) is 0 Å². The van der Waals surface area contributed by atoms with Gasteiger partial charge in [0, 0.05) is 29.1 Å². The number of amides is 1. The minimum absolute atomic E-state index is 0.0943. The van der Waals surface area contributed by atoms with E-state index in [9.17, 15) is 4.79 Å². The van der Waals surface area contributed by atoms with E-state index in [2.05, 4.69) is 21.6 Å². The molecule has 0 radical (unpaired) electrons. The van der Waals surface area contributed by atoms with Crippen molar-refractivity contribution in [1.29, 1.82) is 0 Å². The molecule has 1 amide bonds. The Labute approximate surface area is 165 Å². The van der Waals surface area contributed by atoms with Gasteiger partial charge in [0.2, 0.25) is 5.91 Å². The second kappa shape index (κ2) is 8.24. The van der Waals surface area contributed by atoms with Gasteiger partial charge in [-0.2, -0.15) is 0 Å². The first-order chi connectivity index (χ1) is 12.4. The normalized spacial score (nSPS) is 12.2. The quantitative estimate of drug-likeness (QED) is 0.610. The summed E-state index contributed by atoms with van der Waals surface area (Å²) in [4.78, 5) is 13.8. The van der Waals surface area contributed by atoms with E-state index in [1.54, 1.807) is 23.5 Å². The van der Waals surface area contributed by atoms with Crippen molar-refractivity contribution in [3.63, 3.8) is 0 Å². The molecule has 0 aliphatic heterocycles. The minimum atomic E-state index is -0.314. The Kier molecular flexibility index (Phi) is 6.01. The molecule has 1 N–H and O–H groups in total. The van der Waals surface area contributed by atoms with Gasteiger partial charge in [-0.1, -0.05) is 35.5 Å². The van der Waals surface area contributed by atoms with Crippen molar-refractivity contribution in [2.24, 2.45) is 7.05 Å². The van der Waals surface area contributed by atoms with Gasteiger partial charge in [-0.15, -0.1) is 21.5 Å². The molecule has 1 aromatic carbocycles. The summed E-state index contributed by atoms with van der Waals surface area (Å²) in [6.45, 7) is 3.79. The average Bonchev–Trinajstić information content (AvgIpc) is 3.23. The van der Waals surface area contributed by atoms with E-state index in [1.807, 2.05) is 43.0 Å². The number of thioether (sulfide) groups is 1. The van der Waals surface area contributed by atoms with Gasteiger partial charge in [-0.3, -0.25) is 4.79 Å². The number of nitrogens with one attached hydrogen (secondary N) is 1. The van der Waals surface area contributed by atoms with Crippen molar-refractivity contribution < 1.29 is 4.79 Å². The Morgan fingerprint density at radius 1 is 1.38 bits per heavy atom. The number of thiophene rings is 1. The highest BCUT2D eigenvalue weighted by atomic mass is 35.5. The molecule has 0 bridgehead atoms. The molecule has 0 unspecified atom stereocenters. The number of anilines is 1. The summed E-state index contributed by atoms with van der Waals surface area (Å²) in [5.74, 6) is 0.788. The standard InChI is InChI=1S/C18H19ClN4OS2/c1-11-6-7-13(19)9-15(11)20-17(24)12(2)26-18-22-21-16(23(18)3)10-14-5-4-8-25-14/h4-9,12H,10H2,1-3H3,(H,20,24)/t12-/m1/s1. The van der Waals surface area contributed by atoms with Gasteiger partial charge in [-0.05, 0) is 43.0 Å². The largest absolute Gasteiger partial charge is 0.325 e. The molecule has 3 aromatic rings. The van der Waals surface area contributed by atoms with Crippen molar-refractivity contribution >= 4 is 46.3 Å². The molecule has 136 valence electrons. The van der Waals surface area contributed by atoms with Gasteiger partial charge >= 0.3 is 0 Å². The first kappa shape index (κ1) is 18.9. The number of carbonyl (C=O) groups excluding carboxylic acids is 1. The lowest BCUT2D eigenvalue weighted by Gasteiger charge is -2.13. The van der Waals surface area contributed by atoms with E-state index < -0.39 is 0 Å². The predicted molar refractivity (Wildman–Crippen MR) is 108 cm³/mol. The van der Waals surface area contributed by atoms with Crippen LogP contribution in [0.4, 0.5) is 5.69 Å². The number of aryl methyl sites for hydroxylation is 1. The minimum Gasteiger partial charge on any atom is -0.325 e. The third-order valence-electron chi connectivity index (χ3n) is 3.95. The third kappa shape index (κ3) is 4.47. The summed E-state index contributed by atoms with van der Waals surface area (Å²) in [6, 6.07) is 9.55. The molecule has 0 spiro atoms. The van der Waals surface area contributed by atoms with E-state index in [4.69, 9.17) is 11.6 Å². The van der Waals surface area contributed by atoms with Crippen molar-refractivity contribution in [1.82, 2.24) is 14.8 Å². The maximum absolute atomic E-state index is 12.5. The first-order valence-electron chi connectivity index (χ1n) is 8.08. The topological polar surface area (TPSA) is 59.8 Å². The highest BCUT2D eigenvalue weighted by molar-refractivity contribution is 8.00. The van der Waals surface area contributed by atoms with Crippen LogP contribution in [0.3, 0.4) is 0 Å². The lowest BCUT2D eigenvalue weighted by molar-refractivity contribution is -0.115. The van der Waals surface area contributed by atoms with Gasteiger partial charge in [-0.25, -0.2) is 0 Å². The maximum Gasteiger partial charge on any atom is 0.237 e. The lowest BCUT2D eigenvalue weighted by Crippen LogP contribution is -2.23. The monoisotopic (exact) mass is 406 g/mol. The fraction of sp³-hybridized carbons (Fsp3) is 0.278. The molecular formula is C18H19ClN4OS2. The Hall–Kier alpha value is -1.83. The van der Waals surface area contributed by atoms with Crippen LogP contribution in [0.2, 0.25) is 5.02 Å². The van der Waals surface area contributed by atoms with Crippen molar-refractivity contribution in [2.75, 3.05) is 5.32 Å². The Morgan fingerprint density at radius 2 is 2.19 bits per heavy atom. The Morgan fingerprint density at radius 3 is 2.92 bits per heavy atom. The van der Waals surface area contributed by atoms with Gasteiger partial charge in [0.1, 0.15) is 5.82 Å². The number of hydrogen-bond donors (Lipinski definition) is 1. The molecule has 5 nitrogen and oxygen atoms in total. The molecule has 0 aliphatic carbocycles. The van der Waals surface area contributed by atoms with Crippen LogP contribution in [0.1, 0.15) is 23.2 Å². The van der Waals surface area contributed by atoms with Gasteiger partial charge in [0.05, 0.1) is 5.25 Å². The number of carbonyl (C=O) groups is 1. The SMILES string of the molecule is Cc1ccc(Cl)cc1NC(=O)[C@@H](C)Sc1nnc(Cc2cccs2)n1C. The number of aromatic nitrogens is 3. The highest BCUT2D eigenvalue weighted by Crippen LogP contribution is 2.25. The van der Waals surface area contributed by atoms with Crippen LogP contribution in [0, 0.1) is 6.92 Å². The number of benzene rings is 1. The molecular weight excluding hydrogens is 388 g/mol. The smallest absolute Gasteiger partial charge is 0.237 e. The number of halogens is 1. The van der Waals surface area contributed by atoms with E-state index in [1.165, 1.54) is 16.6 Å². The van der Waals surface area contributed by atoms with Crippen LogP contribution in [-0.4, -0.2) is 25.9 Å². The van der Waals surface area contributed by atoms with Crippen LogP contribution in [0.15, 0.2) is 40.9 Å². The summed E-state index contributed by atoms with van der Waals surface area (Å²) < 4.78 is 1.94. The van der Waals surface area contributed by atoms with Crippen LogP contribution in [-0.2, 0) is 18.3 Å². The second-order valence-electron chi connectivity index (χ2n) is 5.92. The number of hydrogen-bond acceptors (Lipinski definition) is 5. The Bertz CT molecular complexity index is 908. The zero-order valence-electron chi connectivity index (χ0n) is 14.7. The molecule has 26 heavy (non-hydrogen) atoms. The average molecular weight is 407 g/mol. The van der Waals surface area contributed by atoms with Crippen molar-refractivity contribution in [2.45, 2.75) is 30.7 Å². The number of nitrogens with zero attached hydrogens (tertiary/aromatic N) is 3. The number of rotatable bonds is 6. The zero-order valence-corrected chi connectivity index (χ0v) is 17.1. The fourth-order valence-corrected chi connectivity index (χ4v) is 4.05. The molecule has 8 heteroatoms. The van der Waals surface area contributed by atoms with E-state index >= 15 is 0 Å². The van der Waals surface area contributed by atoms with E-state index in [0.29, 0.717) is 5.02 Å². The summed E-state index contributed by atoms with van der Waals surface area (Å²) in [7, 11) is 1.93. The zero-order chi connectivity index (χ0) is 18.7. The maximum atomic E-state index is 12.5. The van der Waals surface area contributed by atoms with Gasteiger partial charge < -0.3 is 9.88 Å². The summed E-state index contributed by atoms with van der Waals surface area (Å²) in [5.41, 5.74) is 1.70. The Balaban J connectivity index is 1.65. The molecule has 0 aliphatic rings. The van der Waals surface area contributed by atoms with Crippen LogP contribution < -0.4 is 5.32 Å². The molecule has 3 rings (SSSR count). The van der Waals surface area contributed by atoms with Gasteiger partial charge in [0.15, 0.2) is 5.16 Å². The molecule has 1 atom stereocenters. The van der Waals surface area contributed by atoms with E-state index in [-0.39, 0.29) is 11.2 Å². The van der Waals surface area contributed by atoms with Crippen LogP contribution >= 0.6 is 34.7 Å². The second-order valence-corrected chi connectivity index (χ2v) is 8.70. The molecule has 0 fully saturated rings. The predicted octanol–water partition coefficient (Wildman–Crippen LogP) is 4.55. The van der Waals surface area contributed by atoms with Crippen molar-refractivity contribution in [3.05, 3.63) is 57.0 Å². The molecule has 0 saturated carbocycles. The summed E-state index contributed by atoms with van der Waals surface area (Å²) in [5, 5.41) is 14.5. The lowest BCUT2D eigenvalue weighted by atomic mass is 10.2. The van der Waals surface area contributed by atoms with Crippen LogP contribution in [0.5, 0.6) is 0 Å². The van der Waals surface area contributed by atoms with E-state index in [0.717, 1.165) is 28.7 Å². The molecule has 2 heterocycles. The molecule has 2 aromatic heterocycles. The third-order valence-corrected chi connectivity index (χ3v) is 6.19. The van der Waals surface area contributed by atoms with Crippen molar-refractivity contribution in [3.8, 4) is 0 Å². The first-order valence-corrected chi connectivity index (χ1v) is 10.2. The summed E-state index contributed by atoms with van der Waals surface area (Å²) in [6.07, 6.45) is 0.740. The molecule has 0 saturated heterocycles. The van der Waals surface area contributed by atoms with Crippen LogP contribution in [0.25, 0.3) is 0 Å². The highest BCUT2D eigenvalue weighted by Gasteiger charge is 2.19. The summed E-state index contributed by atoms with van der Waals surface area (Å²) >= 11 is 9.10.